The van der Waals surface area contributed by atoms with E-state index < -0.39 is 0 Å². The molecule has 1 aliphatic rings. The molecular formula is C22H44. The quantitative estimate of drug-likeness (QED) is 0.489. The van der Waals surface area contributed by atoms with Crippen LogP contribution >= 0.6 is 0 Å². The van der Waals surface area contributed by atoms with Gasteiger partial charge in [0.1, 0.15) is 0 Å². The van der Waals surface area contributed by atoms with Gasteiger partial charge in [0.15, 0.2) is 0 Å². The second kappa shape index (κ2) is 8.20. The highest BCUT2D eigenvalue weighted by atomic mass is 14.5. The molecule has 0 aromatic carbocycles. The second-order valence-corrected chi connectivity index (χ2v) is 10.00. The summed E-state index contributed by atoms with van der Waals surface area (Å²) in [6.07, 6.45) is 2.91. The van der Waals surface area contributed by atoms with Crippen molar-refractivity contribution in [1.82, 2.24) is 0 Å². The lowest BCUT2D eigenvalue weighted by Crippen LogP contribution is -2.48. The lowest BCUT2D eigenvalue weighted by Gasteiger charge is -2.54. The van der Waals surface area contributed by atoms with Crippen molar-refractivity contribution in [3.05, 3.63) is 0 Å². The van der Waals surface area contributed by atoms with Crippen LogP contribution in [0, 0.1) is 59.2 Å². The summed E-state index contributed by atoms with van der Waals surface area (Å²) in [6.45, 7) is 24.7. The van der Waals surface area contributed by atoms with Gasteiger partial charge in [0.05, 0.1) is 0 Å². The van der Waals surface area contributed by atoms with Gasteiger partial charge in [0.25, 0.3) is 0 Å². The molecule has 1 rings (SSSR count). The molecule has 0 N–H and O–H groups in total. The summed E-state index contributed by atoms with van der Waals surface area (Å²) >= 11 is 0. The Hall–Kier alpha value is 0. The van der Waals surface area contributed by atoms with Crippen LogP contribution < -0.4 is 0 Å². The first-order chi connectivity index (χ1) is 10.1. The fraction of sp³-hybridized carbons (Fsp3) is 1.00. The van der Waals surface area contributed by atoms with Gasteiger partial charge in [-0.15, -0.1) is 0 Å². The van der Waals surface area contributed by atoms with E-state index in [2.05, 4.69) is 69.2 Å². The van der Waals surface area contributed by atoms with Crippen LogP contribution in [-0.4, -0.2) is 0 Å². The lowest BCUT2D eigenvalue weighted by molar-refractivity contribution is -0.0572. The van der Waals surface area contributed by atoms with E-state index in [0.29, 0.717) is 0 Å². The number of rotatable bonds is 6. The monoisotopic (exact) mass is 308 g/mol. The lowest BCUT2D eigenvalue weighted by atomic mass is 9.51. The Morgan fingerprint density at radius 2 is 1.05 bits per heavy atom. The SMILES string of the molecule is CC(C)CC1CC(C(C)C)C(C(C)C)C(C(C)C)C1C(C)C. The Morgan fingerprint density at radius 1 is 0.591 bits per heavy atom. The highest BCUT2D eigenvalue weighted by Gasteiger charge is 2.48. The smallest absolute Gasteiger partial charge is 0.0324 e. The molecule has 1 aliphatic carbocycles. The first-order valence-corrected chi connectivity index (χ1v) is 10.1. The fourth-order valence-electron chi connectivity index (χ4n) is 5.91. The highest BCUT2D eigenvalue weighted by Crippen LogP contribution is 2.54. The molecule has 0 radical (unpaired) electrons. The Morgan fingerprint density at radius 3 is 1.36 bits per heavy atom. The summed E-state index contributed by atoms with van der Waals surface area (Å²) in [5, 5.41) is 0. The van der Waals surface area contributed by atoms with E-state index in [1.54, 1.807) is 0 Å². The fourth-order valence-corrected chi connectivity index (χ4v) is 5.91. The Bertz CT molecular complexity index is 310. The maximum Gasteiger partial charge on any atom is -0.0324 e. The average molecular weight is 309 g/mol. The van der Waals surface area contributed by atoms with E-state index in [-0.39, 0.29) is 0 Å². The van der Waals surface area contributed by atoms with Crippen LogP contribution in [0.5, 0.6) is 0 Å². The van der Waals surface area contributed by atoms with Crippen molar-refractivity contribution in [1.29, 1.82) is 0 Å². The summed E-state index contributed by atoms with van der Waals surface area (Å²) in [4.78, 5) is 0. The number of hydrogen-bond donors (Lipinski definition) is 0. The third-order valence-electron chi connectivity index (χ3n) is 6.44. The van der Waals surface area contributed by atoms with Gasteiger partial charge in [-0.3, -0.25) is 0 Å². The zero-order valence-corrected chi connectivity index (χ0v) is 17.2. The summed E-state index contributed by atoms with van der Waals surface area (Å²) in [6, 6.07) is 0. The van der Waals surface area contributed by atoms with Gasteiger partial charge >= 0.3 is 0 Å². The predicted molar refractivity (Wildman–Crippen MR) is 101 cm³/mol. The van der Waals surface area contributed by atoms with Crippen molar-refractivity contribution in [2.45, 2.75) is 82.1 Å². The molecule has 1 fully saturated rings. The van der Waals surface area contributed by atoms with Gasteiger partial charge in [-0.1, -0.05) is 69.2 Å². The minimum absolute atomic E-state index is 0.816. The summed E-state index contributed by atoms with van der Waals surface area (Å²) in [7, 11) is 0. The normalized spacial score (nSPS) is 33.7. The third-order valence-corrected chi connectivity index (χ3v) is 6.44. The van der Waals surface area contributed by atoms with Gasteiger partial charge in [0, 0.05) is 0 Å². The molecule has 0 bridgehead atoms. The zero-order valence-electron chi connectivity index (χ0n) is 17.2. The van der Waals surface area contributed by atoms with E-state index in [0.717, 1.165) is 59.2 Å². The van der Waals surface area contributed by atoms with Gasteiger partial charge in [-0.05, 0) is 72.0 Å². The first kappa shape index (κ1) is 20.0. The molecule has 0 aromatic heterocycles. The molecule has 5 unspecified atom stereocenters. The second-order valence-electron chi connectivity index (χ2n) is 10.00. The van der Waals surface area contributed by atoms with E-state index >= 15 is 0 Å². The maximum absolute atomic E-state index is 2.49. The van der Waals surface area contributed by atoms with Crippen LogP contribution in [0.1, 0.15) is 82.1 Å². The molecule has 132 valence electrons. The van der Waals surface area contributed by atoms with Crippen LogP contribution in [-0.2, 0) is 0 Å². The molecule has 0 saturated heterocycles. The van der Waals surface area contributed by atoms with E-state index in [1.807, 2.05) is 0 Å². The van der Waals surface area contributed by atoms with Gasteiger partial charge in [0.2, 0.25) is 0 Å². The molecule has 0 heterocycles. The largest absolute Gasteiger partial charge is 0.0628 e. The van der Waals surface area contributed by atoms with Crippen molar-refractivity contribution in [3.63, 3.8) is 0 Å². The molecule has 1 saturated carbocycles. The van der Waals surface area contributed by atoms with Gasteiger partial charge in [-0.25, -0.2) is 0 Å². The van der Waals surface area contributed by atoms with Gasteiger partial charge < -0.3 is 0 Å². The van der Waals surface area contributed by atoms with Crippen molar-refractivity contribution in [2.24, 2.45) is 59.2 Å². The van der Waals surface area contributed by atoms with Crippen LogP contribution in [0.25, 0.3) is 0 Å². The highest BCUT2D eigenvalue weighted by molar-refractivity contribution is 4.96. The summed E-state index contributed by atoms with van der Waals surface area (Å²) in [5.41, 5.74) is 0. The summed E-state index contributed by atoms with van der Waals surface area (Å²) in [5.74, 6) is 8.73. The maximum atomic E-state index is 2.49. The Labute approximate surface area is 141 Å². The van der Waals surface area contributed by atoms with E-state index in [9.17, 15) is 0 Å². The van der Waals surface area contributed by atoms with Crippen molar-refractivity contribution in [2.75, 3.05) is 0 Å². The minimum atomic E-state index is 0.816. The molecule has 0 nitrogen and oxygen atoms in total. The molecule has 0 amide bonds. The van der Waals surface area contributed by atoms with Crippen LogP contribution in [0.4, 0.5) is 0 Å². The molecule has 5 atom stereocenters. The Balaban J connectivity index is 3.24. The molecule has 0 spiro atoms. The van der Waals surface area contributed by atoms with Crippen LogP contribution in [0.15, 0.2) is 0 Å². The van der Waals surface area contributed by atoms with Crippen molar-refractivity contribution in [3.8, 4) is 0 Å². The molecular weight excluding hydrogens is 264 g/mol. The molecule has 0 aliphatic heterocycles. The molecule has 0 aromatic rings. The van der Waals surface area contributed by atoms with E-state index in [4.69, 9.17) is 0 Å². The third kappa shape index (κ3) is 4.51. The van der Waals surface area contributed by atoms with E-state index in [1.165, 1.54) is 12.8 Å². The minimum Gasteiger partial charge on any atom is -0.0628 e. The van der Waals surface area contributed by atoms with Crippen LogP contribution in [0.2, 0.25) is 0 Å². The summed E-state index contributed by atoms with van der Waals surface area (Å²) < 4.78 is 0. The van der Waals surface area contributed by atoms with Crippen molar-refractivity contribution >= 4 is 0 Å². The average Bonchev–Trinajstić information content (AvgIpc) is 2.35. The van der Waals surface area contributed by atoms with Crippen molar-refractivity contribution < 1.29 is 0 Å². The topological polar surface area (TPSA) is 0 Å². The predicted octanol–water partition coefficient (Wildman–Crippen LogP) is 7.14. The van der Waals surface area contributed by atoms with Crippen LogP contribution in [0.3, 0.4) is 0 Å². The molecule has 0 heteroatoms. The number of hydrogen-bond acceptors (Lipinski definition) is 0. The zero-order chi connectivity index (χ0) is 17.2. The Kier molecular flexibility index (Phi) is 7.47. The van der Waals surface area contributed by atoms with Gasteiger partial charge in [-0.2, -0.15) is 0 Å². The standard InChI is InChI=1S/C22H44/c1-13(2)11-18-12-19(14(3)4)21(16(7)8)22(17(9)10)20(18)15(5)6/h13-22H,11-12H2,1-10H3. The first-order valence-electron chi connectivity index (χ1n) is 10.1. The molecule has 22 heavy (non-hydrogen) atoms.